The minimum absolute atomic E-state index is 0.379. The first-order valence-electron chi connectivity index (χ1n) is 7.14. The molecule has 3 aromatic rings. The van der Waals surface area contributed by atoms with Crippen molar-refractivity contribution in [3.05, 3.63) is 71.4 Å². The molecule has 23 heavy (non-hydrogen) atoms. The summed E-state index contributed by atoms with van der Waals surface area (Å²) >= 11 is 0. The Labute approximate surface area is 131 Å². The highest BCUT2D eigenvalue weighted by Gasteiger charge is 2.38. The predicted octanol–water partition coefficient (Wildman–Crippen LogP) is 2.19. The minimum Gasteiger partial charge on any atom is -0.267 e. The van der Waals surface area contributed by atoms with Crippen LogP contribution in [0.4, 0.5) is 0 Å². The Hall–Kier alpha value is -3.28. The Morgan fingerprint density at radius 3 is 2.00 bits per heavy atom. The van der Waals surface area contributed by atoms with Crippen LogP contribution in [0.3, 0.4) is 0 Å². The largest absolute Gasteiger partial charge is 0.282 e. The van der Waals surface area contributed by atoms with E-state index in [9.17, 15) is 9.59 Å². The maximum Gasteiger partial charge on any atom is 0.282 e. The molecule has 0 saturated heterocycles. The number of aromatic nitrogens is 3. The molecule has 0 bridgehead atoms. The highest BCUT2D eigenvalue weighted by atomic mass is 16.2. The van der Waals surface area contributed by atoms with Gasteiger partial charge in [-0.05, 0) is 24.3 Å². The number of rotatable bonds is 2. The molecule has 0 fully saturated rings. The van der Waals surface area contributed by atoms with Crippen LogP contribution in [0.1, 0.15) is 26.4 Å². The van der Waals surface area contributed by atoms with Gasteiger partial charge in [0.15, 0.2) is 0 Å². The zero-order chi connectivity index (χ0) is 16.0. The molecule has 0 N–H and O–H groups in total. The summed E-state index contributed by atoms with van der Waals surface area (Å²) < 4.78 is 0. The van der Waals surface area contributed by atoms with E-state index in [0.717, 1.165) is 10.6 Å². The van der Waals surface area contributed by atoms with Gasteiger partial charge in [0.25, 0.3) is 11.8 Å². The lowest BCUT2D eigenvalue weighted by Gasteiger charge is -2.16. The number of hydrogen-bond donors (Lipinski definition) is 0. The average molecular weight is 304 g/mol. The first kappa shape index (κ1) is 13.4. The molecule has 112 valence electrons. The average Bonchev–Trinajstić information content (AvgIpc) is 3.07. The van der Waals surface area contributed by atoms with E-state index in [1.807, 2.05) is 30.3 Å². The van der Waals surface area contributed by atoms with Crippen molar-refractivity contribution in [1.82, 2.24) is 15.1 Å². The fourth-order valence-corrected chi connectivity index (χ4v) is 2.76. The molecule has 4 rings (SSSR count). The van der Waals surface area contributed by atoms with E-state index in [2.05, 4.69) is 10.3 Å². The maximum absolute atomic E-state index is 12.6. The van der Waals surface area contributed by atoms with Crippen molar-refractivity contribution in [1.29, 1.82) is 0 Å². The third kappa shape index (κ3) is 1.88. The van der Waals surface area contributed by atoms with Crippen LogP contribution in [0.5, 0.6) is 0 Å². The van der Waals surface area contributed by atoms with Gasteiger partial charge in [0.2, 0.25) is 0 Å². The van der Waals surface area contributed by atoms with Crippen LogP contribution >= 0.6 is 0 Å². The number of fused-ring (bicyclic) bond motifs is 1. The summed E-state index contributed by atoms with van der Waals surface area (Å²) in [6, 6.07) is 16.2. The van der Waals surface area contributed by atoms with Gasteiger partial charge in [-0.1, -0.05) is 42.5 Å². The predicted molar refractivity (Wildman–Crippen MR) is 83.5 cm³/mol. The van der Waals surface area contributed by atoms with Crippen molar-refractivity contribution in [2.45, 2.75) is 6.92 Å². The van der Waals surface area contributed by atoms with Crippen molar-refractivity contribution in [2.24, 2.45) is 0 Å². The smallest absolute Gasteiger partial charge is 0.267 e. The monoisotopic (exact) mass is 304 g/mol. The van der Waals surface area contributed by atoms with Crippen molar-refractivity contribution in [2.75, 3.05) is 5.01 Å². The van der Waals surface area contributed by atoms with Crippen molar-refractivity contribution < 1.29 is 9.59 Å². The summed E-state index contributed by atoms with van der Waals surface area (Å²) in [5.74, 6) is -0.791. The SMILES string of the molecule is Cc1nnn(N2C(=O)c3ccccc3C2=O)c1-c1ccccc1. The molecule has 0 spiro atoms. The first-order chi connectivity index (χ1) is 11.2. The van der Waals surface area contributed by atoms with Gasteiger partial charge in [-0.2, -0.15) is 5.01 Å². The van der Waals surface area contributed by atoms with Crippen molar-refractivity contribution in [3.63, 3.8) is 0 Å². The van der Waals surface area contributed by atoms with Crippen LogP contribution in [0, 0.1) is 6.92 Å². The Balaban J connectivity index is 1.88. The number of hydrogen-bond acceptors (Lipinski definition) is 4. The van der Waals surface area contributed by atoms with Crippen LogP contribution in [0.2, 0.25) is 0 Å². The quantitative estimate of drug-likeness (QED) is 0.681. The third-order valence-electron chi connectivity index (χ3n) is 3.83. The van der Waals surface area contributed by atoms with Crippen LogP contribution in [0.25, 0.3) is 11.3 Å². The molecule has 0 radical (unpaired) electrons. The van der Waals surface area contributed by atoms with Gasteiger partial charge in [0, 0.05) is 5.56 Å². The van der Waals surface area contributed by atoms with E-state index in [0.29, 0.717) is 22.5 Å². The Morgan fingerprint density at radius 1 is 0.826 bits per heavy atom. The van der Waals surface area contributed by atoms with E-state index in [1.165, 1.54) is 4.79 Å². The summed E-state index contributed by atoms with van der Waals surface area (Å²) in [5, 5.41) is 9.08. The summed E-state index contributed by atoms with van der Waals surface area (Å²) in [4.78, 5) is 26.5. The number of aryl methyl sites for hydroxylation is 1. The lowest BCUT2D eigenvalue weighted by molar-refractivity contribution is 0.0879. The second-order valence-corrected chi connectivity index (χ2v) is 5.25. The lowest BCUT2D eigenvalue weighted by Crippen LogP contribution is -2.41. The normalized spacial score (nSPS) is 13.5. The fourth-order valence-electron chi connectivity index (χ4n) is 2.76. The number of imide groups is 1. The molecule has 6 heteroatoms. The topological polar surface area (TPSA) is 68.1 Å². The molecule has 0 atom stereocenters. The number of amides is 2. The zero-order valence-corrected chi connectivity index (χ0v) is 12.3. The van der Waals surface area contributed by atoms with Gasteiger partial charge in [0.1, 0.15) is 5.69 Å². The molecular formula is C17H12N4O2. The van der Waals surface area contributed by atoms with E-state index in [1.54, 1.807) is 31.2 Å². The number of nitrogens with zero attached hydrogens (tertiary/aromatic N) is 4. The van der Waals surface area contributed by atoms with E-state index >= 15 is 0 Å². The molecule has 1 aliphatic rings. The number of carbonyl (C=O) groups is 2. The zero-order valence-electron chi connectivity index (χ0n) is 12.3. The minimum atomic E-state index is -0.396. The second-order valence-electron chi connectivity index (χ2n) is 5.25. The molecule has 0 unspecified atom stereocenters. The maximum atomic E-state index is 12.6. The van der Waals surface area contributed by atoms with Gasteiger partial charge in [-0.25, -0.2) is 0 Å². The second kappa shape index (κ2) is 4.88. The van der Waals surface area contributed by atoms with Gasteiger partial charge in [-0.15, -0.1) is 9.89 Å². The summed E-state index contributed by atoms with van der Waals surface area (Å²) in [6.45, 7) is 1.80. The molecule has 0 aliphatic carbocycles. The Kier molecular flexibility index (Phi) is 2.84. The Morgan fingerprint density at radius 2 is 1.39 bits per heavy atom. The van der Waals surface area contributed by atoms with Crippen LogP contribution in [-0.4, -0.2) is 26.9 Å². The van der Waals surface area contributed by atoms with Gasteiger partial charge in [0.05, 0.1) is 16.8 Å². The van der Waals surface area contributed by atoms with Gasteiger partial charge < -0.3 is 0 Å². The molecule has 2 aromatic carbocycles. The van der Waals surface area contributed by atoms with E-state index in [4.69, 9.17) is 0 Å². The summed E-state index contributed by atoms with van der Waals surface area (Å²) in [7, 11) is 0. The molecular weight excluding hydrogens is 292 g/mol. The third-order valence-corrected chi connectivity index (χ3v) is 3.83. The number of benzene rings is 2. The Bertz CT molecular complexity index is 896. The van der Waals surface area contributed by atoms with Crippen LogP contribution in [-0.2, 0) is 0 Å². The number of carbonyl (C=O) groups excluding carboxylic acids is 2. The fraction of sp³-hybridized carbons (Fsp3) is 0.0588. The lowest BCUT2D eigenvalue weighted by atomic mass is 10.1. The van der Waals surface area contributed by atoms with Crippen molar-refractivity contribution in [3.8, 4) is 11.3 Å². The molecule has 0 saturated carbocycles. The molecule has 2 heterocycles. The highest BCUT2D eigenvalue weighted by molar-refractivity contribution is 6.30. The standard InChI is InChI=1S/C17H12N4O2/c1-11-15(12-7-3-2-4-8-12)21(19-18-11)20-16(22)13-9-5-6-10-14(13)17(20)23/h2-10H,1H3. The van der Waals surface area contributed by atoms with Crippen LogP contribution in [0.15, 0.2) is 54.6 Å². The molecule has 2 amide bonds. The molecule has 1 aliphatic heterocycles. The van der Waals surface area contributed by atoms with Crippen molar-refractivity contribution >= 4 is 11.8 Å². The molecule has 6 nitrogen and oxygen atoms in total. The highest BCUT2D eigenvalue weighted by Crippen LogP contribution is 2.26. The van der Waals surface area contributed by atoms with E-state index < -0.39 is 11.8 Å². The van der Waals surface area contributed by atoms with Gasteiger partial charge >= 0.3 is 0 Å². The summed E-state index contributed by atoms with van der Waals surface area (Å²) in [6.07, 6.45) is 0. The van der Waals surface area contributed by atoms with Crippen LogP contribution < -0.4 is 5.01 Å². The first-order valence-corrected chi connectivity index (χ1v) is 7.14. The summed E-state index contributed by atoms with van der Waals surface area (Å²) in [5.41, 5.74) is 2.87. The van der Waals surface area contributed by atoms with E-state index in [-0.39, 0.29) is 0 Å². The van der Waals surface area contributed by atoms with Gasteiger partial charge in [-0.3, -0.25) is 9.59 Å². The molecule has 1 aromatic heterocycles.